The molecule has 0 saturated carbocycles. The number of rotatable bonds is 5. The van der Waals surface area contributed by atoms with Crippen LogP contribution in [-0.2, 0) is 0 Å². The Labute approximate surface area is 174 Å². The Morgan fingerprint density at radius 3 is 2.80 bits per heavy atom. The first-order valence-electron chi connectivity index (χ1n) is 10.1. The van der Waals surface area contributed by atoms with Gasteiger partial charge in [0.25, 0.3) is 0 Å². The van der Waals surface area contributed by atoms with Crippen LogP contribution in [0.15, 0.2) is 55.2 Å². The molecule has 5 rings (SSSR count). The second kappa shape index (κ2) is 8.08. The molecule has 0 aliphatic carbocycles. The number of methoxy groups -OCH3 is 1. The lowest BCUT2D eigenvalue weighted by Gasteiger charge is -2.22. The lowest BCUT2D eigenvalue weighted by atomic mass is 10.0. The van der Waals surface area contributed by atoms with Gasteiger partial charge in [-0.2, -0.15) is 5.10 Å². The fourth-order valence-corrected chi connectivity index (χ4v) is 3.88. The third-order valence-electron chi connectivity index (χ3n) is 5.43. The van der Waals surface area contributed by atoms with Crippen LogP contribution in [0.2, 0.25) is 0 Å². The highest BCUT2D eigenvalue weighted by Gasteiger charge is 2.16. The molecule has 0 bridgehead atoms. The molecule has 1 aliphatic rings. The SMILES string of the molecule is COc1ccccc1-c1cncc2cnc(Nc3cnn(C4CCNCC4)c3)nc12. The summed E-state index contributed by atoms with van der Waals surface area (Å²) >= 11 is 0. The number of nitrogens with zero attached hydrogens (tertiary/aromatic N) is 5. The van der Waals surface area contributed by atoms with E-state index in [0.717, 1.165) is 59.4 Å². The summed E-state index contributed by atoms with van der Waals surface area (Å²) in [5, 5.41) is 12.1. The minimum absolute atomic E-state index is 0.433. The van der Waals surface area contributed by atoms with Crippen LogP contribution >= 0.6 is 0 Å². The van der Waals surface area contributed by atoms with E-state index in [4.69, 9.17) is 9.72 Å². The summed E-state index contributed by atoms with van der Waals surface area (Å²) in [6.07, 6.45) is 11.4. The van der Waals surface area contributed by atoms with Crippen LogP contribution in [-0.4, -0.2) is 44.9 Å². The number of pyridine rings is 1. The van der Waals surface area contributed by atoms with Crippen molar-refractivity contribution in [1.82, 2.24) is 30.0 Å². The monoisotopic (exact) mass is 401 g/mol. The predicted octanol–water partition coefficient (Wildman–Crippen LogP) is 3.57. The molecule has 3 aromatic heterocycles. The molecule has 2 N–H and O–H groups in total. The molecule has 0 spiro atoms. The maximum Gasteiger partial charge on any atom is 0.227 e. The number of aromatic nitrogens is 5. The number of benzene rings is 1. The second-order valence-electron chi connectivity index (χ2n) is 7.33. The number of hydrogen-bond donors (Lipinski definition) is 2. The van der Waals surface area contributed by atoms with E-state index >= 15 is 0 Å². The van der Waals surface area contributed by atoms with Crippen molar-refractivity contribution in [2.45, 2.75) is 18.9 Å². The van der Waals surface area contributed by atoms with Crippen molar-refractivity contribution in [2.75, 3.05) is 25.5 Å². The molecule has 0 atom stereocenters. The van der Waals surface area contributed by atoms with E-state index in [1.807, 2.05) is 47.5 Å². The van der Waals surface area contributed by atoms with Gasteiger partial charge in [0.15, 0.2) is 0 Å². The predicted molar refractivity (Wildman–Crippen MR) is 116 cm³/mol. The quantitative estimate of drug-likeness (QED) is 0.528. The second-order valence-corrected chi connectivity index (χ2v) is 7.33. The summed E-state index contributed by atoms with van der Waals surface area (Å²) in [5.41, 5.74) is 3.54. The highest BCUT2D eigenvalue weighted by Crippen LogP contribution is 2.33. The van der Waals surface area contributed by atoms with E-state index in [-0.39, 0.29) is 0 Å². The van der Waals surface area contributed by atoms with Crippen LogP contribution in [0.25, 0.3) is 22.0 Å². The molecule has 4 heterocycles. The summed E-state index contributed by atoms with van der Waals surface area (Å²) < 4.78 is 7.57. The number of nitrogens with one attached hydrogen (secondary N) is 2. The molecule has 152 valence electrons. The summed E-state index contributed by atoms with van der Waals surface area (Å²) in [5.74, 6) is 1.30. The van der Waals surface area contributed by atoms with E-state index < -0.39 is 0 Å². The molecular formula is C22H23N7O. The molecule has 30 heavy (non-hydrogen) atoms. The van der Waals surface area contributed by atoms with Gasteiger partial charge >= 0.3 is 0 Å². The Morgan fingerprint density at radius 1 is 1.07 bits per heavy atom. The summed E-state index contributed by atoms with van der Waals surface area (Å²) in [4.78, 5) is 13.6. The van der Waals surface area contributed by atoms with Gasteiger partial charge < -0.3 is 15.4 Å². The smallest absolute Gasteiger partial charge is 0.227 e. The van der Waals surface area contributed by atoms with Gasteiger partial charge in [-0.25, -0.2) is 9.97 Å². The van der Waals surface area contributed by atoms with Crippen molar-refractivity contribution in [1.29, 1.82) is 0 Å². The van der Waals surface area contributed by atoms with Crippen LogP contribution in [0.5, 0.6) is 5.75 Å². The summed E-state index contributed by atoms with van der Waals surface area (Å²) in [6.45, 7) is 2.06. The Kier molecular flexibility index (Phi) is 4.98. The normalized spacial score (nSPS) is 14.7. The van der Waals surface area contributed by atoms with Gasteiger partial charge in [-0.1, -0.05) is 18.2 Å². The first-order chi connectivity index (χ1) is 14.8. The van der Waals surface area contributed by atoms with Gasteiger partial charge in [0.2, 0.25) is 5.95 Å². The fraction of sp³-hybridized carbons (Fsp3) is 0.273. The molecule has 1 fully saturated rings. The zero-order valence-corrected chi connectivity index (χ0v) is 16.7. The van der Waals surface area contributed by atoms with Crippen LogP contribution < -0.4 is 15.4 Å². The fourth-order valence-electron chi connectivity index (χ4n) is 3.88. The topological polar surface area (TPSA) is 89.8 Å². The van der Waals surface area contributed by atoms with Crippen LogP contribution in [0.3, 0.4) is 0 Å². The molecule has 1 saturated heterocycles. The maximum atomic E-state index is 5.53. The average Bonchev–Trinajstić information content (AvgIpc) is 3.28. The number of fused-ring (bicyclic) bond motifs is 1. The zero-order valence-electron chi connectivity index (χ0n) is 16.7. The van der Waals surface area contributed by atoms with Crippen molar-refractivity contribution in [3.8, 4) is 16.9 Å². The maximum absolute atomic E-state index is 5.53. The van der Waals surface area contributed by atoms with Crippen LogP contribution in [0.1, 0.15) is 18.9 Å². The number of para-hydroxylation sites is 1. The van der Waals surface area contributed by atoms with Gasteiger partial charge in [-0.3, -0.25) is 9.67 Å². The largest absolute Gasteiger partial charge is 0.496 e. The number of piperidine rings is 1. The molecule has 4 aromatic rings. The molecule has 0 amide bonds. The highest BCUT2D eigenvalue weighted by atomic mass is 16.5. The van der Waals surface area contributed by atoms with Crippen molar-refractivity contribution < 1.29 is 4.74 Å². The first kappa shape index (κ1) is 18.5. The van der Waals surface area contributed by atoms with Gasteiger partial charge in [0.05, 0.1) is 30.6 Å². The highest BCUT2D eigenvalue weighted by molar-refractivity contribution is 5.94. The Hall–Kier alpha value is -3.52. The van der Waals surface area contributed by atoms with E-state index in [0.29, 0.717) is 12.0 Å². The molecule has 1 aliphatic heterocycles. The van der Waals surface area contributed by atoms with Crippen molar-refractivity contribution >= 4 is 22.5 Å². The number of hydrogen-bond acceptors (Lipinski definition) is 7. The lowest BCUT2D eigenvalue weighted by Crippen LogP contribution is -2.29. The average molecular weight is 401 g/mol. The van der Waals surface area contributed by atoms with Crippen molar-refractivity contribution in [3.63, 3.8) is 0 Å². The lowest BCUT2D eigenvalue weighted by molar-refractivity contribution is 0.343. The molecule has 8 nitrogen and oxygen atoms in total. The van der Waals surface area contributed by atoms with Crippen LogP contribution in [0.4, 0.5) is 11.6 Å². The minimum atomic E-state index is 0.433. The third-order valence-corrected chi connectivity index (χ3v) is 5.43. The number of anilines is 2. The summed E-state index contributed by atoms with van der Waals surface area (Å²) in [6, 6.07) is 8.30. The van der Waals surface area contributed by atoms with Gasteiger partial charge in [0.1, 0.15) is 5.75 Å². The Bertz CT molecular complexity index is 1170. The molecular weight excluding hydrogens is 378 g/mol. The minimum Gasteiger partial charge on any atom is -0.496 e. The van der Waals surface area contributed by atoms with Crippen molar-refractivity contribution in [2.24, 2.45) is 0 Å². The Morgan fingerprint density at radius 2 is 1.93 bits per heavy atom. The van der Waals surface area contributed by atoms with Gasteiger partial charge in [-0.15, -0.1) is 0 Å². The standard InChI is InChI=1S/C22H23N7O/c1-30-20-5-3-2-4-18(20)19-13-24-10-15-11-25-22(28-21(15)19)27-16-12-26-29(14-16)17-6-8-23-9-7-17/h2-5,10-14,17,23H,6-9H2,1H3,(H,25,27,28). The van der Waals surface area contributed by atoms with E-state index in [1.165, 1.54) is 0 Å². The number of ether oxygens (including phenoxy) is 1. The Balaban J connectivity index is 1.47. The summed E-state index contributed by atoms with van der Waals surface area (Å²) in [7, 11) is 1.67. The van der Waals surface area contributed by atoms with Gasteiger partial charge in [0, 0.05) is 41.3 Å². The third kappa shape index (κ3) is 3.57. The van der Waals surface area contributed by atoms with E-state index in [9.17, 15) is 0 Å². The molecule has 0 unspecified atom stereocenters. The van der Waals surface area contributed by atoms with E-state index in [1.54, 1.807) is 19.5 Å². The zero-order chi connectivity index (χ0) is 20.3. The molecule has 0 radical (unpaired) electrons. The molecule has 1 aromatic carbocycles. The van der Waals surface area contributed by atoms with Gasteiger partial charge in [-0.05, 0) is 32.0 Å². The van der Waals surface area contributed by atoms with Crippen LogP contribution in [0, 0.1) is 0 Å². The van der Waals surface area contributed by atoms with Crippen molar-refractivity contribution in [3.05, 3.63) is 55.2 Å². The van der Waals surface area contributed by atoms with E-state index in [2.05, 4.69) is 25.7 Å². The molecule has 8 heteroatoms. The first-order valence-corrected chi connectivity index (χ1v) is 10.1.